The Morgan fingerprint density at radius 1 is 1.06 bits per heavy atom. The summed E-state index contributed by atoms with van der Waals surface area (Å²) in [7, 11) is 0. The highest BCUT2D eigenvalue weighted by atomic mass is 35.5. The number of fused-ring (bicyclic) bond motifs is 1. The third-order valence-corrected chi connectivity index (χ3v) is 6.12. The number of amides is 1. The normalized spacial score (nSPS) is 13.8. The van der Waals surface area contributed by atoms with Gasteiger partial charge in [0.2, 0.25) is 0 Å². The summed E-state index contributed by atoms with van der Waals surface area (Å²) in [5, 5.41) is 10.0. The van der Waals surface area contributed by atoms with Crippen LogP contribution in [0, 0.1) is 6.92 Å². The van der Waals surface area contributed by atoms with Crippen molar-refractivity contribution in [2.45, 2.75) is 44.7 Å². The molecule has 0 saturated carbocycles. The first-order valence-corrected chi connectivity index (χ1v) is 11.5. The van der Waals surface area contributed by atoms with E-state index >= 15 is 0 Å². The van der Waals surface area contributed by atoms with Gasteiger partial charge in [0.15, 0.2) is 0 Å². The summed E-state index contributed by atoms with van der Waals surface area (Å²) in [5.74, 6) is -4.96. The fraction of sp³-hybridized carbons (Fsp3) is 0.320. The van der Waals surface area contributed by atoms with Crippen LogP contribution in [0.2, 0.25) is 5.02 Å². The smallest absolute Gasteiger partial charge is 0.416 e. The summed E-state index contributed by atoms with van der Waals surface area (Å²) in [6.07, 6.45) is -2.13. The van der Waals surface area contributed by atoms with Crippen molar-refractivity contribution < 1.29 is 31.5 Å². The number of hydrogen-bond donors (Lipinski definition) is 1. The van der Waals surface area contributed by atoms with E-state index in [9.17, 15) is 26.7 Å². The van der Waals surface area contributed by atoms with Crippen LogP contribution in [0.25, 0.3) is 0 Å². The predicted molar refractivity (Wildman–Crippen MR) is 123 cm³/mol. The van der Waals surface area contributed by atoms with Gasteiger partial charge in [-0.25, -0.2) is 0 Å². The molecule has 190 valence electrons. The van der Waals surface area contributed by atoms with Crippen molar-refractivity contribution in [1.29, 1.82) is 0 Å². The van der Waals surface area contributed by atoms with Gasteiger partial charge in [-0.05, 0) is 68.0 Å². The summed E-state index contributed by atoms with van der Waals surface area (Å²) >= 11 is 5.99. The lowest BCUT2D eigenvalue weighted by Crippen LogP contribution is -2.36. The number of halogens is 6. The second kappa shape index (κ2) is 10.0. The van der Waals surface area contributed by atoms with Crippen molar-refractivity contribution >= 4 is 17.5 Å². The van der Waals surface area contributed by atoms with Crippen LogP contribution >= 0.6 is 11.6 Å². The molecule has 0 bridgehead atoms. The van der Waals surface area contributed by atoms with E-state index in [0.29, 0.717) is 29.7 Å². The average Bonchev–Trinajstić information content (AvgIpc) is 2.82. The zero-order chi connectivity index (χ0) is 26.1. The van der Waals surface area contributed by atoms with Crippen LogP contribution in [0.15, 0.2) is 42.5 Å². The minimum atomic E-state index is -4.61. The lowest BCUT2D eigenvalue weighted by Gasteiger charge is -2.22. The maximum atomic E-state index is 14.9. The van der Waals surface area contributed by atoms with E-state index < -0.39 is 35.7 Å². The van der Waals surface area contributed by atoms with Gasteiger partial charge < -0.3 is 10.1 Å². The Bertz CT molecular complexity index is 1300. The number of aryl methyl sites for hydroxylation is 2. The summed E-state index contributed by atoms with van der Waals surface area (Å²) in [4.78, 5) is 13.2. The first-order valence-electron chi connectivity index (χ1n) is 11.1. The Labute approximate surface area is 208 Å². The van der Waals surface area contributed by atoms with E-state index in [1.54, 1.807) is 6.92 Å². The van der Waals surface area contributed by atoms with Gasteiger partial charge in [-0.2, -0.15) is 27.1 Å². The molecule has 3 aromatic rings. The number of carbonyl (C=O) groups is 1. The maximum absolute atomic E-state index is 14.9. The van der Waals surface area contributed by atoms with E-state index in [2.05, 4.69) is 15.5 Å². The van der Waals surface area contributed by atoms with E-state index in [0.717, 1.165) is 31.0 Å². The zero-order valence-corrected chi connectivity index (χ0v) is 19.8. The summed E-state index contributed by atoms with van der Waals surface area (Å²) in [6.45, 7) is 0.649. The second-order valence-electron chi connectivity index (χ2n) is 8.51. The molecular formula is C25H21ClF5N3O2. The molecule has 0 spiro atoms. The predicted octanol–water partition coefficient (Wildman–Crippen LogP) is 6.65. The molecule has 0 aliphatic heterocycles. The molecule has 4 rings (SSSR count). The molecule has 5 nitrogen and oxygen atoms in total. The van der Waals surface area contributed by atoms with Crippen LogP contribution in [0.5, 0.6) is 11.6 Å². The van der Waals surface area contributed by atoms with Crippen molar-refractivity contribution in [3.05, 3.63) is 81.0 Å². The zero-order valence-electron chi connectivity index (χ0n) is 19.1. The number of ether oxygens (including phenoxy) is 1. The Hall–Kier alpha value is -3.27. The highest BCUT2D eigenvalue weighted by molar-refractivity contribution is 6.31. The molecule has 1 aliphatic rings. The van der Waals surface area contributed by atoms with E-state index in [1.807, 2.05) is 0 Å². The summed E-state index contributed by atoms with van der Waals surface area (Å²) in [5.41, 5.74) is 0.192. The largest absolute Gasteiger partial charge is 0.437 e. The van der Waals surface area contributed by atoms with Crippen LogP contribution in [0.3, 0.4) is 0 Å². The summed E-state index contributed by atoms with van der Waals surface area (Å²) in [6, 6.07) is 8.13. The minimum absolute atomic E-state index is 0.122. The molecule has 0 saturated heterocycles. The molecule has 1 heterocycles. The lowest BCUT2D eigenvalue weighted by molar-refractivity contribution is -0.137. The number of benzene rings is 2. The van der Waals surface area contributed by atoms with E-state index in [-0.39, 0.29) is 22.2 Å². The Kier molecular flexibility index (Phi) is 7.17. The van der Waals surface area contributed by atoms with Crippen LogP contribution in [-0.4, -0.2) is 22.6 Å². The fourth-order valence-electron chi connectivity index (χ4n) is 4.00. The van der Waals surface area contributed by atoms with Crippen molar-refractivity contribution in [3.8, 4) is 11.6 Å². The molecule has 0 atom stereocenters. The molecular weight excluding hydrogens is 505 g/mol. The molecule has 1 amide bonds. The van der Waals surface area contributed by atoms with Crippen LogP contribution in [0.4, 0.5) is 22.0 Å². The molecule has 1 N–H and O–H groups in total. The number of hydrogen-bond acceptors (Lipinski definition) is 4. The van der Waals surface area contributed by atoms with E-state index in [4.69, 9.17) is 16.3 Å². The Morgan fingerprint density at radius 2 is 1.81 bits per heavy atom. The SMILES string of the molecule is Cc1ccc(C(F)(F)CNC(=O)c2c(Oc3cccc(C(F)(F)F)c3)nnc3c2CCCC3)c(Cl)c1. The van der Waals surface area contributed by atoms with Gasteiger partial charge >= 0.3 is 6.18 Å². The number of alkyl halides is 5. The minimum Gasteiger partial charge on any atom is -0.437 e. The number of carbonyl (C=O) groups excluding carboxylic acids is 1. The van der Waals surface area contributed by atoms with Crippen molar-refractivity contribution in [1.82, 2.24) is 15.5 Å². The van der Waals surface area contributed by atoms with Crippen LogP contribution < -0.4 is 10.1 Å². The van der Waals surface area contributed by atoms with Crippen molar-refractivity contribution in [2.75, 3.05) is 6.54 Å². The maximum Gasteiger partial charge on any atom is 0.416 e. The van der Waals surface area contributed by atoms with Crippen molar-refractivity contribution in [3.63, 3.8) is 0 Å². The van der Waals surface area contributed by atoms with Gasteiger partial charge in [-0.1, -0.05) is 29.8 Å². The van der Waals surface area contributed by atoms with Gasteiger partial charge in [-0.15, -0.1) is 5.10 Å². The number of nitrogens with one attached hydrogen (secondary N) is 1. The Balaban J connectivity index is 1.64. The van der Waals surface area contributed by atoms with Crippen molar-refractivity contribution in [2.24, 2.45) is 0 Å². The monoisotopic (exact) mass is 525 g/mol. The van der Waals surface area contributed by atoms with Gasteiger partial charge in [-0.3, -0.25) is 4.79 Å². The summed E-state index contributed by atoms with van der Waals surface area (Å²) < 4.78 is 74.7. The molecule has 36 heavy (non-hydrogen) atoms. The molecule has 11 heteroatoms. The molecule has 1 aromatic heterocycles. The molecule has 2 aromatic carbocycles. The standard InChI is InChI=1S/C25H21ClF5N3O2/c1-14-9-10-18(19(26)11-14)24(27,28)13-32-22(35)21-17-7-2-3-8-20(17)33-34-23(21)36-16-6-4-5-15(12-16)25(29,30)31/h4-6,9-12H,2-3,7-8,13H2,1H3,(H,32,35). The first kappa shape index (κ1) is 25.8. The molecule has 0 unspecified atom stereocenters. The van der Waals surface area contributed by atoms with Gasteiger partial charge in [0.05, 0.1) is 22.8 Å². The Morgan fingerprint density at radius 3 is 2.53 bits per heavy atom. The van der Waals surface area contributed by atoms with Gasteiger partial charge in [0.1, 0.15) is 11.3 Å². The number of nitrogens with zero attached hydrogens (tertiary/aromatic N) is 2. The van der Waals surface area contributed by atoms with Crippen LogP contribution in [-0.2, 0) is 24.9 Å². The highest BCUT2D eigenvalue weighted by Gasteiger charge is 2.36. The first-order chi connectivity index (χ1) is 17.0. The van der Waals surface area contributed by atoms with E-state index in [1.165, 1.54) is 24.3 Å². The molecule has 1 aliphatic carbocycles. The van der Waals surface area contributed by atoms with Gasteiger partial charge in [0, 0.05) is 5.56 Å². The lowest BCUT2D eigenvalue weighted by atomic mass is 9.92. The topological polar surface area (TPSA) is 64.1 Å². The third-order valence-electron chi connectivity index (χ3n) is 5.81. The third kappa shape index (κ3) is 5.59. The number of aromatic nitrogens is 2. The van der Waals surface area contributed by atoms with Gasteiger partial charge in [0.25, 0.3) is 17.7 Å². The highest BCUT2D eigenvalue weighted by Crippen LogP contribution is 2.36. The molecule has 0 fully saturated rings. The molecule has 0 radical (unpaired) electrons. The quantitative estimate of drug-likeness (QED) is 0.366. The fourth-order valence-corrected chi connectivity index (χ4v) is 4.37. The van der Waals surface area contributed by atoms with Crippen LogP contribution in [0.1, 0.15) is 51.1 Å². The number of rotatable bonds is 6. The average molecular weight is 526 g/mol. The second-order valence-corrected chi connectivity index (χ2v) is 8.92.